The molecule has 5 N–H and O–H groups in total. The van der Waals surface area contributed by atoms with Crippen molar-refractivity contribution in [3.63, 3.8) is 0 Å². The van der Waals surface area contributed by atoms with E-state index in [4.69, 9.17) is 5.84 Å². The molecule has 1 aliphatic rings. The molecule has 1 aromatic heterocycles. The second-order valence-corrected chi connectivity index (χ2v) is 5.50. The highest BCUT2D eigenvalue weighted by atomic mass is 16.3. The molecule has 1 saturated carbocycles. The minimum Gasteiger partial charge on any atom is -0.393 e. The second kappa shape index (κ2) is 7.40. The normalized spacial score (nSPS) is 22.6. The van der Waals surface area contributed by atoms with Crippen molar-refractivity contribution >= 4 is 11.6 Å². The van der Waals surface area contributed by atoms with Crippen molar-refractivity contribution in [1.82, 2.24) is 9.97 Å². The number of rotatable bonds is 6. The van der Waals surface area contributed by atoms with Crippen LogP contribution in [0.5, 0.6) is 0 Å². The third-order valence-corrected chi connectivity index (χ3v) is 3.78. The minimum absolute atomic E-state index is 0.102. The quantitative estimate of drug-likeness (QED) is 0.467. The predicted octanol–water partition coefficient (Wildman–Crippen LogP) is 1.68. The van der Waals surface area contributed by atoms with E-state index in [0.29, 0.717) is 11.7 Å². The molecule has 112 valence electrons. The standard InChI is InChI=1S/C14H25N5O/c1-2-3-12-17-13(8-14(18-12)19-15)16-9-10-4-6-11(20)7-5-10/h8,10-11,20H,2-7,9,15H2,1H3,(H2,16,17,18,19). The first-order chi connectivity index (χ1) is 9.71. The number of hydrogen-bond donors (Lipinski definition) is 4. The topological polar surface area (TPSA) is 96.1 Å². The van der Waals surface area contributed by atoms with Gasteiger partial charge in [0.05, 0.1) is 6.10 Å². The Morgan fingerprint density at radius 1 is 1.25 bits per heavy atom. The molecule has 6 nitrogen and oxygen atoms in total. The molecule has 0 unspecified atom stereocenters. The Hall–Kier alpha value is -1.40. The largest absolute Gasteiger partial charge is 0.393 e. The summed E-state index contributed by atoms with van der Waals surface area (Å²) in [6.07, 6.45) is 5.72. The minimum atomic E-state index is -0.102. The van der Waals surface area contributed by atoms with Crippen molar-refractivity contribution in [2.45, 2.75) is 51.6 Å². The molecule has 2 rings (SSSR count). The lowest BCUT2D eigenvalue weighted by molar-refractivity contribution is 0.111. The lowest BCUT2D eigenvalue weighted by Crippen LogP contribution is -2.24. The Labute approximate surface area is 120 Å². The molecule has 0 spiro atoms. The zero-order valence-electron chi connectivity index (χ0n) is 12.1. The Balaban J connectivity index is 1.92. The van der Waals surface area contributed by atoms with E-state index in [9.17, 15) is 5.11 Å². The number of anilines is 2. The fraction of sp³-hybridized carbons (Fsp3) is 0.714. The lowest BCUT2D eigenvalue weighted by atomic mass is 9.87. The molecule has 0 amide bonds. The van der Waals surface area contributed by atoms with Gasteiger partial charge in [0.15, 0.2) is 0 Å². The lowest BCUT2D eigenvalue weighted by Gasteiger charge is -2.25. The third kappa shape index (κ3) is 4.31. The highest BCUT2D eigenvalue weighted by molar-refractivity contribution is 5.46. The smallest absolute Gasteiger partial charge is 0.145 e. The first-order valence-electron chi connectivity index (χ1n) is 7.47. The van der Waals surface area contributed by atoms with Crippen LogP contribution in [0.4, 0.5) is 11.6 Å². The Kier molecular flexibility index (Phi) is 5.55. The highest BCUT2D eigenvalue weighted by Crippen LogP contribution is 2.24. The molecule has 20 heavy (non-hydrogen) atoms. The number of nitrogens with two attached hydrogens (primary N) is 1. The molecule has 0 atom stereocenters. The van der Waals surface area contributed by atoms with Crippen molar-refractivity contribution in [2.24, 2.45) is 11.8 Å². The van der Waals surface area contributed by atoms with Gasteiger partial charge in [-0.25, -0.2) is 15.8 Å². The van der Waals surface area contributed by atoms with Gasteiger partial charge < -0.3 is 15.8 Å². The molecule has 1 heterocycles. The van der Waals surface area contributed by atoms with Crippen LogP contribution in [0.25, 0.3) is 0 Å². The van der Waals surface area contributed by atoms with Crippen LogP contribution in [0, 0.1) is 5.92 Å². The maximum absolute atomic E-state index is 9.51. The van der Waals surface area contributed by atoms with Crippen LogP contribution >= 0.6 is 0 Å². The molecule has 0 bridgehead atoms. The number of nitrogen functional groups attached to an aromatic ring is 1. The van der Waals surface area contributed by atoms with Gasteiger partial charge in [0.1, 0.15) is 17.5 Å². The summed E-state index contributed by atoms with van der Waals surface area (Å²) in [6, 6.07) is 1.83. The maximum atomic E-state index is 9.51. The number of hydrazine groups is 1. The first-order valence-corrected chi connectivity index (χ1v) is 7.47. The van der Waals surface area contributed by atoms with E-state index in [-0.39, 0.29) is 6.10 Å². The maximum Gasteiger partial charge on any atom is 0.145 e. The van der Waals surface area contributed by atoms with Crippen molar-refractivity contribution in [3.8, 4) is 0 Å². The molecule has 1 aromatic rings. The van der Waals surface area contributed by atoms with E-state index in [2.05, 4.69) is 27.6 Å². The molecular weight excluding hydrogens is 254 g/mol. The summed E-state index contributed by atoms with van der Waals surface area (Å²) in [5.41, 5.74) is 2.59. The van der Waals surface area contributed by atoms with Crippen LogP contribution in [-0.2, 0) is 6.42 Å². The second-order valence-electron chi connectivity index (χ2n) is 5.50. The average molecular weight is 279 g/mol. The zero-order valence-corrected chi connectivity index (χ0v) is 12.1. The molecule has 1 fully saturated rings. The van der Waals surface area contributed by atoms with E-state index in [1.54, 1.807) is 0 Å². The van der Waals surface area contributed by atoms with E-state index >= 15 is 0 Å². The number of nitrogens with zero attached hydrogens (tertiary/aromatic N) is 2. The van der Waals surface area contributed by atoms with Gasteiger partial charge >= 0.3 is 0 Å². The Morgan fingerprint density at radius 2 is 1.95 bits per heavy atom. The average Bonchev–Trinajstić information content (AvgIpc) is 2.47. The molecular formula is C14H25N5O. The predicted molar refractivity (Wildman–Crippen MR) is 80.3 cm³/mol. The van der Waals surface area contributed by atoms with Gasteiger partial charge in [-0.15, -0.1) is 0 Å². The first kappa shape index (κ1) is 15.0. The van der Waals surface area contributed by atoms with Crippen LogP contribution in [0.3, 0.4) is 0 Å². The number of nitrogens with one attached hydrogen (secondary N) is 2. The summed E-state index contributed by atoms with van der Waals surface area (Å²) in [4.78, 5) is 8.83. The van der Waals surface area contributed by atoms with Gasteiger partial charge in [-0.05, 0) is 38.0 Å². The van der Waals surface area contributed by atoms with Gasteiger partial charge in [0.2, 0.25) is 0 Å². The zero-order chi connectivity index (χ0) is 14.4. The number of aliphatic hydroxyl groups is 1. The number of aliphatic hydroxyl groups excluding tert-OH is 1. The van der Waals surface area contributed by atoms with E-state index in [1.165, 1.54) is 0 Å². The SMILES string of the molecule is CCCc1nc(NN)cc(NCC2CCC(O)CC2)n1. The fourth-order valence-electron chi connectivity index (χ4n) is 2.59. The molecule has 6 heteroatoms. The number of aromatic nitrogens is 2. The number of aryl methyl sites for hydroxylation is 1. The van der Waals surface area contributed by atoms with E-state index in [0.717, 1.165) is 56.7 Å². The van der Waals surface area contributed by atoms with Gasteiger partial charge in [0, 0.05) is 19.0 Å². The van der Waals surface area contributed by atoms with Gasteiger partial charge in [-0.2, -0.15) is 0 Å². The highest BCUT2D eigenvalue weighted by Gasteiger charge is 2.19. The summed E-state index contributed by atoms with van der Waals surface area (Å²) in [6.45, 7) is 2.99. The van der Waals surface area contributed by atoms with Gasteiger partial charge in [0.25, 0.3) is 0 Å². The Bertz CT molecular complexity index is 418. The summed E-state index contributed by atoms with van der Waals surface area (Å²) in [5, 5.41) is 12.9. The van der Waals surface area contributed by atoms with Crippen molar-refractivity contribution < 1.29 is 5.11 Å². The van der Waals surface area contributed by atoms with Crippen molar-refractivity contribution in [2.75, 3.05) is 17.3 Å². The van der Waals surface area contributed by atoms with Gasteiger partial charge in [-0.1, -0.05) is 6.92 Å². The van der Waals surface area contributed by atoms with Crippen LogP contribution < -0.4 is 16.6 Å². The van der Waals surface area contributed by atoms with Crippen LogP contribution in [0.15, 0.2) is 6.07 Å². The van der Waals surface area contributed by atoms with E-state index < -0.39 is 0 Å². The van der Waals surface area contributed by atoms with E-state index in [1.807, 2.05) is 6.07 Å². The summed E-state index contributed by atoms with van der Waals surface area (Å²) >= 11 is 0. The summed E-state index contributed by atoms with van der Waals surface area (Å²) in [5.74, 6) is 8.33. The monoisotopic (exact) mass is 279 g/mol. The van der Waals surface area contributed by atoms with Crippen molar-refractivity contribution in [3.05, 3.63) is 11.9 Å². The van der Waals surface area contributed by atoms with Crippen LogP contribution in [0.2, 0.25) is 0 Å². The molecule has 0 aliphatic heterocycles. The number of hydrogen-bond acceptors (Lipinski definition) is 6. The van der Waals surface area contributed by atoms with Crippen LogP contribution in [-0.4, -0.2) is 27.7 Å². The molecule has 0 saturated heterocycles. The summed E-state index contributed by atoms with van der Waals surface area (Å²) in [7, 11) is 0. The fourth-order valence-corrected chi connectivity index (χ4v) is 2.59. The Morgan fingerprint density at radius 3 is 2.60 bits per heavy atom. The van der Waals surface area contributed by atoms with Gasteiger partial charge in [-0.3, -0.25) is 0 Å². The van der Waals surface area contributed by atoms with Crippen LogP contribution in [0.1, 0.15) is 44.9 Å². The summed E-state index contributed by atoms with van der Waals surface area (Å²) < 4.78 is 0. The van der Waals surface area contributed by atoms with Crippen molar-refractivity contribution in [1.29, 1.82) is 0 Å². The molecule has 1 aliphatic carbocycles. The third-order valence-electron chi connectivity index (χ3n) is 3.78. The molecule has 0 radical (unpaired) electrons. The molecule has 0 aromatic carbocycles.